The van der Waals surface area contributed by atoms with Gasteiger partial charge in [-0.25, -0.2) is 13.4 Å². The van der Waals surface area contributed by atoms with Crippen molar-refractivity contribution in [3.05, 3.63) is 89.6 Å². The third-order valence-corrected chi connectivity index (χ3v) is 8.30. The smallest absolute Gasteiger partial charge is 0.265 e. The van der Waals surface area contributed by atoms with Gasteiger partial charge < -0.3 is 9.64 Å². The van der Waals surface area contributed by atoms with Crippen LogP contribution in [0, 0.1) is 0 Å². The monoisotopic (exact) mass is 534 g/mol. The molecule has 38 heavy (non-hydrogen) atoms. The predicted octanol–water partition coefficient (Wildman–Crippen LogP) is 4.14. The number of pyridine rings is 1. The average molecular weight is 535 g/mol. The molecule has 0 fully saturated rings. The number of benzene rings is 2. The highest BCUT2D eigenvalue weighted by molar-refractivity contribution is 7.92. The minimum Gasteiger partial charge on any atom is -0.492 e. The molecule has 0 bridgehead atoms. The minimum atomic E-state index is -3.79. The molecule has 9 heteroatoms. The second-order valence-corrected chi connectivity index (χ2v) is 11.3. The normalized spacial score (nSPS) is 13.9. The standard InChI is InChI=1S/C29H34N4O4S/c1-5-33(24-11-7-6-8-12-24)38(35,36)26-14-15-28(30-20-26)32-21-22(2)27(29(32)34)19-23-10-9-13-25(18-23)37-17-16-31(3)4/h6-15,18,20H,5,16-17,19,21H2,1-4H3. The molecule has 0 aliphatic carbocycles. The van der Waals surface area contributed by atoms with Crippen molar-refractivity contribution in [2.24, 2.45) is 0 Å². The number of likely N-dealkylation sites (N-methyl/N-ethyl adjacent to an activating group) is 1. The molecule has 0 unspecified atom stereocenters. The fourth-order valence-electron chi connectivity index (χ4n) is 4.35. The maximum Gasteiger partial charge on any atom is 0.265 e. The van der Waals surface area contributed by atoms with Gasteiger partial charge in [0, 0.05) is 37.8 Å². The predicted molar refractivity (Wildman–Crippen MR) is 150 cm³/mol. The van der Waals surface area contributed by atoms with Crippen LogP contribution in [0.3, 0.4) is 0 Å². The van der Waals surface area contributed by atoms with Gasteiger partial charge in [-0.05, 0) is 75.5 Å². The fourth-order valence-corrected chi connectivity index (χ4v) is 5.77. The van der Waals surface area contributed by atoms with Crippen molar-refractivity contribution in [3.8, 4) is 5.75 Å². The second kappa shape index (κ2) is 11.8. The Hall–Kier alpha value is -3.69. The lowest BCUT2D eigenvalue weighted by Crippen LogP contribution is -2.31. The first kappa shape index (κ1) is 27.3. The van der Waals surface area contributed by atoms with Gasteiger partial charge in [-0.3, -0.25) is 14.0 Å². The van der Waals surface area contributed by atoms with E-state index in [2.05, 4.69) is 9.88 Å². The molecule has 3 aromatic rings. The Morgan fingerprint density at radius 2 is 1.79 bits per heavy atom. The quantitative estimate of drug-likeness (QED) is 0.368. The number of aromatic nitrogens is 1. The summed E-state index contributed by atoms with van der Waals surface area (Å²) in [5.41, 5.74) is 3.26. The van der Waals surface area contributed by atoms with Crippen molar-refractivity contribution in [2.75, 3.05) is 49.5 Å². The molecule has 1 aliphatic rings. The van der Waals surface area contributed by atoms with E-state index in [1.165, 1.54) is 16.6 Å². The highest BCUT2D eigenvalue weighted by Gasteiger charge is 2.31. The maximum atomic E-state index is 13.3. The van der Waals surface area contributed by atoms with E-state index in [0.29, 0.717) is 31.1 Å². The summed E-state index contributed by atoms with van der Waals surface area (Å²) in [4.78, 5) is 21.4. The van der Waals surface area contributed by atoms with Gasteiger partial charge in [0.1, 0.15) is 23.1 Å². The van der Waals surface area contributed by atoms with Crippen molar-refractivity contribution in [2.45, 2.75) is 25.2 Å². The summed E-state index contributed by atoms with van der Waals surface area (Å²) >= 11 is 0. The summed E-state index contributed by atoms with van der Waals surface area (Å²) in [6.07, 6.45) is 1.81. The van der Waals surface area contributed by atoms with Gasteiger partial charge in [0.15, 0.2) is 0 Å². The molecule has 2 heterocycles. The number of para-hydroxylation sites is 1. The lowest BCUT2D eigenvalue weighted by atomic mass is 10.0. The zero-order valence-electron chi connectivity index (χ0n) is 22.3. The van der Waals surface area contributed by atoms with Crippen LogP contribution in [0.1, 0.15) is 19.4 Å². The Kier molecular flexibility index (Phi) is 8.48. The minimum absolute atomic E-state index is 0.0783. The molecule has 4 rings (SSSR count). The van der Waals surface area contributed by atoms with Crippen LogP contribution in [-0.4, -0.2) is 64.5 Å². The lowest BCUT2D eigenvalue weighted by molar-refractivity contribution is -0.114. The van der Waals surface area contributed by atoms with E-state index in [1.807, 2.05) is 51.4 Å². The Balaban J connectivity index is 1.47. The molecule has 0 spiro atoms. The van der Waals surface area contributed by atoms with Gasteiger partial charge >= 0.3 is 0 Å². The number of sulfonamides is 1. The van der Waals surface area contributed by atoms with Crippen molar-refractivity contribution in [3.63, 3.8) is 0 Å². The van der Waals surface area contributed by atoms with Crippen molar-refractivity contribution >= 4 is 27.4 Å². The van der Waals surface area contributed by atoms with E-state index < -0.39 is 10.0 Å². The van der Waals surface area contributed by atoms with Gasteiger partial charge in [-0.1, -0.05) is 30.3 Å². The molecule has 0 saturated carbocycles. The zero-order chi connectivity index (χ0) is 27.3. The number of hydrogen-bond acceptors (Lipinski definition) is 6. The number of anilines is 2. The van der Waals surface area contributed by atoms with Crippen LogP contribution in [0.25, 0.3) is 0 Å². The molecular weight excluding hydrogens is 500 g/mol. The van der Waals surface area contributed by atoms with Crippen molar-refractivity contribution in [1.82, 2.24) is 9.88 Å². The number of nitrogens with zero attached hydrogens (tertiary/aromatic N) is 4. The summed E-state index contributed by atoms with van der Waals surface area (Å²) in [6, 6.07) is 19.9. The maximum absolute atomic E-state index is 13.3. The molecule has 0 saturated heterocycles. The Morgan fingerprint density at radius 3 is 2.45 bits per heavy atom. The van der Waals surface area contributed by atoms with Gasteiger partial charge in [0.2, 0.25) is 0 Å². The first-order valence-corrected chi connectivity index (χ1v) is 14.1. The lowest BCUT2D eigenvalue weighted by Gasteiger charge is -2.23. The zero-order valence-corrected chi connectivity index (χ0v) is 23.1. The fraction of sp³-hybridized carbons (Fsp3) is 0.310. The number of carbonyl (C=O) groups is 1. The summed E-state index contributed by atoms with van der Waals surface area (Å²) in [7, 11) is 0.203. The molecule has 0 atom stereocenters. The largest absolute Gasteiger partial charge is 0.492 e. The molecule has 1 aliphatic heterocycles. The summed E-state index contributed by atoms with van der Waals surface area (Å²) in [5.74, 6) is 1.08. The number of amides is 1. The van der Waals surface area contributed by atoms with Crippen LogP contribution in [0.15, 0.2) is 89.0 Å². The molecule has 8 nitrogen and oxygen atoms in total. The number of ether oxygens (including phenoxy) is 1. The summed E-state index contributed by atoms with van der Waals surface area (Å²) in [5, 5.41) is 0. The summed E-state index contributed by atoms with van der Waals surface area (Å²) in [6.45, 7) is 5.84. The van der Waals surface area contributed by atoms with Crippen molar-refractivity contribution < 1.29 is 17.9 Å². The molecular formula is C29H34N4O4S. The van der Waals surface area contributed by atoms with Crippen molar-refractivity contribution in [1.29, 1.82) is 0 Å². The van der Waals surface area contributed by atoms with Crippen LogP contribution in [0.2, 0.25) is 0 Å². The first-order valence-electron chi connectivity index (χ1n) is 12.6. The van der Waals surface area contributed by atoms with Crippen LogP contribution in [0.4, 0.5) is 11.5 Å². The molecule has 0 radical (unpaired) electrons. The molecule has 1 amide bonds. The molecule has 200 valence electrons. The highest BCUT2D eigenvalue weighted by atomic mass is 32.2. The van der Waals surface area contributed by atoms with Crippen LogP contribution >= 0.6 is 0 Å². The van der Waals surface area contributed by atoms with Crippen LogP contribution in [-0.2, 0) is 21.2 Å². The van der Waals surface area contributed by atoms with Gasteiger partial charge in [-0.2, -0.15) is 0 Å². The number of rotatable bonds is 11. The number of carbonyl (C=O) groups excluding carboxylic acids is 1. The molecule has 1 aromatic heterocycles. The van der Waals surface area contributed by atoms with Gasteiger partial charge in [0.25, 0.3) is 15.9 Å². The Bertz CT molecular complexity index is 1400. The van der Waals surface area contributed by atoms with E-state index in [4.69, 9.17) is 4.74 Å². The first-order chi connectivity index (χ1) is 18.2. The molecule has 2 aromatic carbocycles. The van der Waals surface area contributed by atoms with Gasteiger partial charge in [0.05, 0.1) is 5.69 Å². The third kappa shape index (κ3) is 6.06. The van der Waals surface area contributed by atoms with Crippen LogP contribution in [0.5, 0.6) is 5.75 Å². The third-order valence-electron chi connectivity index (χ3n) is 6.42. The Morgan fingerprint density at radius 1 is 1.03 bits per heavy atom. The van der Waals surface area contributed by atoms with Gasteiger partial charge in [-0.15, -0.1) is 0 Å². The summed E-state index contributed by atoms with van der Waals surface area (Å²) < 4.78 is 33.7. The van der Waals surface area contributed by atoms with E-state index >= 15 is 0 Å². The van der Waals surface area contributed by atoms with E-state index in [-0.39, 0.29) is 17.3 Å². The molecule has 0 N–H and O–H groups in total. The van der Waals surface area contributed by atoms with E-state index in [9.17, 15) is 13.2 Å². The van der Waals surface area contributed by atoms with E-state index in [1.54, 1.807) is 42.2 Å². The number of hydrogen-bond donors (Lipinski definition) is 0. The second-order valence-electron chi connectivity index (χ2n) is 9.48. The average Bonchev–Trinajstić information content (AvgIpc) is 3.18. The highest BCUT2D eigenvalue weighted by Crippen LogP contribution is 2.29. The van der Waals surface area contributed by atoms with Crippen LogP contribution < -0.4 is 13.9 Å². The van der Waals surface area contributed by atoms with E-state index in [0.717, 1.165) is 29.0 Å². The topological polar surface area (TPSA) is 83.1 Å². The Labute approximate surface area is 225 Å². The SMILES string of the molecule is CCN(c1ccccc1)S(=O)(=O)c1ccc(N2CC(C)=C(Cc3cccc(OCCN(C)C)c3)C2=O)nc1.